The van der Waals surface area contributed by atoms with Crippen molar-refractivity contribution in [3.63, 3.8) is 0 Å². The van der Waals surface area contributed by atoms with E-state index in [2.05, 4.69) is 4.72 Å². The highest BCUT2D eigenvalue weighted by atomic mass is 32.2. The van der Waals surface area contributed by atoms with E-state index in [9.17, 15) is 27.2 Å². The van der Waals surface area contributed by atoms with Gasteiger partial charge in [-0.25, -0.2) is 22.3 Å². The minimum absolute atomic E-state index is 0.0372. The fourth-order valence-electron chi connectivity index (χ4n) is 3.17. The molecule has 3 rings (SSSR count). The van der Waals surface area contributed by atoms with E-state index in [1.807, 2.05) is 0 Å². The van der Waals surface area contributed by atoms with Crippen molar-refractivity contribution >= 4 is 27.8 Å². The molecule has 31 heavy (non-hydrogen) atoms. The molecule has 0 saturated carbocycles. The second-order valence-electron chi connectivity index (χ2n) is 6.93. The number of amides is 2. The van der Waals surface area contributed by atoms with Gasteiger partial charge in [0.15, 0.2) is 6.10 Å². The zero-order chi connectivity index (χ0) is 22.6. The molecule has 0 spiro atoms. The lowest BCUT2D eigenvalue weighted by atomic mass is 10.1. The molecule has 2 aromatic carbocycles. The lowest BCUT2D eigenvalue weighted by Crippen LogP contribution is -2.43. The van der Waals surface area contributed by atoms with Gasteiger partial charge in [-0.15, -0.1) is 0 Å². The molecule has 0 aliphatic carbocycles. The van der Waals surface area contributed by atoms with E-state index < -0.39 is 39.7 Å². The molecule has 0 aromatic heterocycles. The monoisotopic (exact) mass is 448 g/mol. The second kappa shape index (κ2) is 9.36. The van der Waals surface area contributed by atoms with Gasteiger partial charge in [-0.2, -0.15) is 0 Å². The Balaban J connectivity index is 1.78. The number of carbonyl (C=O) groups is 3. The van der Waals surface area contributed by atoms with Crippen LogP contribution in [-0.2, 0) is 19.6 Å². The lowest BCUT2D eigenvalue weighted by molar-refractivity contribution is -0.137. The quantitative estimate of drug-likeness (QED) is 0.554. The number of sulfonamides is 1. The van der Waals surface area contributed by atoms with Crippen LogP contribution in [0.25, 0.3) is 0 Å². The number of carbonyl (C=O) groups excluding carboxylic acids is 3. The van der Waals surface area contributed by atoms with Crippen molar-refractivity contribution in [2.75, 3.05) is 13.6 Å². The van der Waals surface area contributed by atoms with Crippen molar-refractivity contribution in [2.24, 2.45) is 0 Å². The van der Waals surface area contributed by atoms with Crippen molar-refractivity contribution < 1.29 is 31.9 Å². The number of ether oxygens (including phenoxy) is 1. The van der Waals surface area contributed by atoms with Gasteiger partial charge >= 0.3 is 5.97 Å². The molecule has 2 amide bonds. The molecule has 0 bridgehead atoms. The van der Waals surface area contributed by atoms with Crippen LogP contribution in [0, 0.1) is 5.82 Å². The summed E-state index contributed by atoms with van der Waals surface area (Å²) in [6, 6.07) is 10.0. The highest BCUT2D eigenvalue weighted by molar-refractivity contribution is 7.89. The first kappa shape index (κ1) is 22.6. The van der Waals surface area contributed by atoms with E-state index in [1.165, 1.54) is 37.4 Å². The summed E-state index contributed by atoms with van der Waals surface area (Å²) in [6.45, 7) is 0.152. The number of halogens is 1. The number of hydrogen-bond acceptors (Lipinski definition) is 6. The number of hydrogen-bond donors (Lipinski definition) is 1. The highest BCUT2D eigenvalue weighted by Gasteiger charge is 2.34. The molecule has 8 nitrogen and oxygen atoms in total. The Hall–Kier alpha value is -3.11. The van der Waals surface area contributed by atoms with Gasteiger partial charge in [-0.05, 0) is 68.8 Å². The predicted molar refractivity (Wildman–Crippen MR) is 108 cm³/mol. The number of rotatable bonds is 5. The van der Waals surface area contributed by atoms with E-state index in [1.54, 1.807) is 0 Å². The van der Waals surface area contributed by atoms with Gasteiger partial charge in [0, 0.05) is 12.1 Å². The molecule has 1 atom stereocenters. The average Bonchev–Trinajstić information content (AvgIpc) is 2.95. The van der Waals surface area contributed by atoms with Crippen LogP contribution in [0.5, 0.6) is 0 Å². The van der Waals surface area contributed by atoms with Crippen LogP contribution in [0.4, 0.5) is 4.39 Å². The molecule has 1 heterocycles. The van der Waals surface area contributed by atoms with E-state index in [0.717, 1.165) is 23.1 Å². The topological polar surface area (TPSA) is 110 Å². The van der Waals surface area contributed by atoms with E-state index >= 15 is 0 Å². The molecule has 164 valence electrons. The number of nitrogens with one attached hydrogen (secondary N) is 1. The third-order valence-electron chi connectivity index (χ3n) is 4.87. The Morgan fingerprint density at radius 2 is 1.81 bits per heavy atom. The summed E-state index contributed by atoms with van der Waals surface area (Å²) in [4.78, 5) is 39.1. The van der Waals surface area contributed by atoms with Crippen LogP contribution in [0.2, 0.25) is 0 Å². The summed E-state index contributed by atoms with van der Waals surface area (Å²) in [6.07, 6.45) is 0.115. The minimum atomic E-state index is -3.76. The van der Waals surface area contributed by atoms with Crippen LogP contribution >= 0.6 is 0 Å². The standard InChI is InChI=1S/C21H21FN2O6S/c1-23-31(28,29)17-6-4-5-15(13-17)21(27)30-18-7-2-3-12-24(20(18)26)19(25)14-8-10-16(22)11-9-14/h4-6,8-11,13,18,23H,2-3,7,12H2,1H3/t18-/m0/s1. The van der Waals surface area contributed by atoms with Crippen LogP contribution in [0.1, 0.15) is 40.0 Å². The van der Waals surface area contributed by atoms with Crippen LogP contribution in [0.3, 0.4) is 0 Å². The number of nitrogens with zero attached hydrogens (tertiary/aromatic N) is 1. The zero-order valence-electron chi connectivity index (χ0n) is 16.7. The zero-order valence-corrected chi connectivity index (χ0v) is 17.5. The van der Waals surface area contributed by atoms with Crippen LogP contribution < -0.4 is 4.72 Å². The minimum Gasteiger partial charge on any atom is -0.449 e. The molecule has 10 heteroatoms. The maximum absolute atomic E-state index is 13.1. The molecule has 2 aromatic rings. The van der Waals surface area contributed by atoms with E-state index in [0.29, 0.717) is 12.8 Å². The number of imide groups is 1. The highest BCUT2D eigenvalue weighted by Crippen LogP contribution is 2.20. The largest absolute Gasteiger partial charge is 0.449 e. The van der Waals surface area contributed by atoms with Crippen molar-refractivity contribution in [2.45, 2.75) is 30.3 Å². The van der Waals surface area contributed by atoms with Crippen molar-refractivity contribution in [1.29, 1.82) is 0 Å². The SMILES string of the molecule is CNS(=O)(=O)c1cccc(C(=O)O[C@H]2CCCCN(C(=O)c3ccc(F)cc3)C2=O)c1. The summed E-state index contributed by atoms with van der Waals surface area (Å²) >= 11 is 0. The molecule has 1 aliphatic rings. The first-order chi connectivity index (χ1) is 14.7. The summed E-state index contributed by atoms with van der Waals surface area (Å²) in [5.74, 6) is -2.65. The third-order valence-corrected chi connectivity index (χ3v) is 6.29. The maximum Gasteiger partial charge on any atom is 0.338 e. The third kappa shape index (κ3) is 5.15. The summed E-state index contributed by atoms with van der Waals surface area (Å²) < 4.78 is 44.5. The molecule has 1 N–H and O–H groups in total. The van der Waals surface area contributed by atoms with Gasteiger partial charge in [-0.3, -0.25) is 14.5 Å². The number of esters is 1. The van der Waals surface area contributed by atoms with Gasteiger partial charge in [0.25, 0.3) is 11.8 Å². The van der Waals surface area contributed by atoms with Crippen molar-refractivity contribution in [3.8, 4) is 0 Å². The molecular weight excluding hydrogens is 427 g/mol. The summed E-state index contributed by atoms with van der Waals surface area (Å²) in [5, 5.41) is 0. The molecular formula is C21H21FN2O6S. The fraction of sp³-hybridized carbons (Fsp3) is 0.286. The van der Waals surface area contributed by atoms with Crippen molar-refractivity contribution in [1.82, 2.24) is 9.62 Å². The van der Waals surface area contributed by atoms with Gasteiger partial charge in [0.2, 0.25) is 10.0 Å². The Morgan fingerprint density at radius 1 is 1.10 bits per heavy atom. The molecule has 0 radical (unpaired) electrons. The van der Waals surface area contributed by atoms with Gasteiger partial charge < -0.3 is 4.74 Å². The Bertz CT molecular complexity index is 1100. The molecule has 0 unspecified atom stereocenters. The van der Waals surface area contributed by atoms with Crippen molar-refractivity contribution in [3.05, 3.63) is 65.5 Å². The van der Waals surface area contributed by atoms with Gasteiger partial charge in [0.05, 0.1) is 10.5 Å². The van der Waals surface area contributed by atoms with Crippen LogP contribution in [0.15, 0.2) is 53.4 Å². The summed E-state index contributed by atoms with van der Waals surface area (Å²) in [7, 11) is -2.51. The maximum atomic E-state index is 13.1. The first-order valence-corrected chi connectivity index (χ1v) is 11.1. The Kier molecular flexibility index (Phi) is 6.81. The molecule has 1 saturated heterocycles. The lowest BCUT2D eigenvalue weighted by Gasteiger charge is -2.23. The fourth-order valence-corrected chi connectivity index (χ4v) is 3.95. The average molecular weight is 448 g/mol. The second-order valence-corrected chi connectivity index (χ2v) is 8.81. The Morgan fingerprint density at radius 3 is 2.48 bits per heavy atom. The van der Waals surface area contributed by atoms with E-state index in [4.69, 9.17) is 4.74 Å². The van der Waals surface area contributed by atoms with Crippen LogP contribution in [-0.4, -0.2) is 50.8 Å². The smallest absolute Gasteiger partial charge is 0.338 e. The predicted octanol–water partition coefficient (Wildman–Crippen LogP) is 2.11. The number of likely N-dealkylation sites (tertiary alicyclic amines) is 1. The Labute approximate surface area is 179 Å². The summed E-state index contributed by atoms with van der Waals surface area (Å²) in [5.41, 5.74) is 0.108. The van der Waals surface area contributed by atoms with Gasteiger partial charge in [-0.1, -0.05) is 6.07 Å². The van der Waals surface area contributed by atoms with E-state index in [-0.39, 0.29) is 29.0 Å². The normalized spacial score (nSPS) is 17.2. The molecule has 1 fully saturated rings. The molecule has 1 aliphatic heterocycles. The number of benzene rings is 2. The first-order valence-electron chi connectivity index (χ1n) is 9.59. The van der Waals surface area contributed by atoms with Gasteiger partial charge in [0.1, 0.15) is 5.82 Å².